The van der Waals surface area contributed by atoms with Gasteiger partial charge in [0.1, 0.15) is 6.04 Å². The largest absolute Gasteiger partial charge is 0.504 e. The van der Waals surface area contributed by atoms with E-state index in [1.807, 2.05) is 0 Å². The second-order valence-corrected chi connectivity index (χ2v) is 4.10. The Bertz CT molecular complexity index is 490. The van der Waals surface area contributed by atoms with E-state index in [-0.39, 0.29) is 31.1 Å². The molecule has 0 fully saturated rings. The number of ether oxygens (including phenoxy) is 1. The monoisotopic (exact) mass is 282 g/mol. The summed E-state index contributed by atoms with van der Waals surface area (Å²) in [6.07, 6.45) is 0.123. The Hall–Kier alpha value is -2.28. The van der Waals surface area contributed by atoms with E-state index in [9.17, 15) is 19.8 Å². The summed E-state index contributed by atoms with van der Waals surface area (Å²) in [6.45, 7) is 1.61. The van der Waals surface area contributed by atoms with Gasteiger partial charge in [0.2, 0.25) is 5.91 Å². The molecule has 1 aromatic carbocycles. The van der Waals surface area contributed by atoms with Crippen LogP contribution in [0.3, 0.4) is 0 Å². The zero-order valence-electron chi connectivity index (χ0n) is 11.1. The molecule has 0 unspecified atom stereocenters. The standard InChI is InChI=1S/C13H18N2O5/c1-2-20-13(19)9(15-12(18)7-14)5-8-3-4-10(16)11(17)6-8/h3-4,6,9,16-17H,2,5,7,14H2,1H3,(H,15,18)/t9-/m0/s1. The topological polar surface area (TPSA) is 122 Å². The molecule has 0 saturated carbocycles. The molecule has 0 bridgehead atoms. The first kappa shape index (κ1) is 15.8. The molecule has 0 spiro atoms. The van der Waals surface area contributed by atoms with Crippen molar-refractivity contribution in [2.45, 2.75) is 19.4 Å². The van der Waals surface area contributed by atoms with E-state index < -0.39 is 17.9 Å². The molecule has 0 heterocycles. The summed E-state index contributed by atoms with van der Waals surface area (Å²) in [4.78, 5) is 23.1. The molecule has 110 valence electrons. The number of nitrogens with two attached hydrogens (primary N) is 1. The van der Waals surface area contributed by atoms with Gasteiger partial charge in [-0.15, -0.1) is 0 Å². The van der Waals surface area contributed by atoms with E-state index in [0.29, 0.717) is 5.56 Å². The summed E-state index contributed by atoms with van der Waals surface area (Å²) < 4.78 is 4.87. The normalized spacial score (nSPS) is 11.7. The SMILES string of the molecule is CCOC(=O)[C@H](Cc1ccc(O)c(O)c1)NC(=O)CN. The molecule has 1 atom stereocenters. The third-order valence-corrected chi connectivity index (χ3v) is 2.57. The molecular weight excluding hydrogens is 264 g/mol. The van der Waals surface area contributed by atoms with Crippen molar-refractivity contribution >= 4 is 11.9 Å². The number of phenolic OH excluding ortho intramolecular Hbond substituents is 2. The third kappa shape index (κ3) is 4.43. The number of carbonyl (C=O) groups excluding carboxylic acids is 2. The Morgan fingerprint density at radius 3 is 2.60 bits per heavy atom. The van der Waals surface area contributed by atoms with Crippen molar-refractivity contribution in [2.24, 2.45) is 5.73 Å². The molecule has 5 N–H and O–H groups in total. The van der Waals surface area contributed by atoms with Crippen LogP contribution in [0.5, 0.6) is 11.5 Å². The number of carbonyl (C=O) groups is 2. The van der Waals surface area contributed by atoms with Gasteiger partial charge in [-0.25, -0.2) is 4.79 Å². The quantitative estimate of drug-likeness (QED) is 0.418. The summed E-state index contributed by atoms with van der Waals surface area (Å²) in [6, 6.07) is 3.26. The molecule has 7 heteroatoms. The van der Waals surface area contributed by atoms with Gasteiger partial charge in [-0.2, -0.15) is 0 Å². The van der Waals surface area contributed by atoms with Crippen LogP contribution in [0.2, 0.25) is 0 Å². The Balaban J connectivity index is 2.84. The Morgan fingerprint density at radius 2 is 2.05 bits per heavy atom. The van der Waals surface area contributed by atoms with Crippen LogP contribution in [0.4, 0.5) is 0 Å². The number of hydrogen-bond acceptors (Lipinski definition) is 6. The van der Waals surface area contributed by atoms with E-state index in [4.69, 9.17) is 10.5 Å². The molecular formula is C13H18N2O5. The highest BCUT2D eigenvalue weighted by Gasteiger charge is 2.22. The van der Waals surface area contributed by atoms with E-state index >= 15 is 0 Å². The van der Waals surface area contributed by atoms with Crippen molar-refractivity contribution in [3.8, 4) is 11.5 Å². The Morgan fingerprint density at radius 1 is 1.35 bits per heavy atom. The lowest BCUT2D eigenvalue weighted by Crippen LogP contribution is -2.45. The summed E-state index contributed by atoms with van der Waals surface area (Å²) >= 11 is 0. The minimum Gasteiger partial charge on any atom is -0.504 e. The van der Waals surface area contributed by atoms with Gasteiger partial charge in [-0.1, -0.05) is 6.07 Å². The number of amides is 1. The van der Waals surface area contributed by atoms with Crippen molar-refractivity contribution in [3.05, 3.63) is 23.8 Å². The molecule has 0 aromatic heterocycles. The minimum atomic E-state index is -0.894. The zero-order valence-corrected chi connectivity index (χ0v) is 11.1. The van der Waals surface area contributed by atoms with E-state index in [1.54, 1.807) is 6.92 Å². The first-order valence-electron chi connectivity index (χ1n) is 6.14. The second kappa shape index (κ2) is 7.34. The van der Waals surface area contributed by atoms with Gasteiger partial charge >= 0.3 is 5.97 Å². The van der Waals surface area contributed by atoms with Crippen molar-refractivity contribution in [3.63, 3.8) is 0 Å². The average Bonchev–Trinajstić information content (AvgIpc) is 2.42. The highest BCUT2D eigenvalue weighted by Crippen LogP contribution is 2.25. The van der Waals surface area contributed by atoms with Gasteiger partial charge in [0.25, 0.3) is 0 Å². The Labute approximate surface area is 116 Å². The van der Waals surface area contributed by atoms with Crippen molar-refractivity contribution in [1.82, 2.24) is 5.32 Å². The van der Waals surface area contributed by atoms with E-state index in [1.165, 1.54) is 18.2 Å². The van der Waals surface area contributed by atoms with Gasteiger partial charge in [0, 0.05) is 6.42 Å². The predicted octanol–water partition coefficient (Wildman–Crippen LogP) is -0.353. The van der Waals surface area contributed by atoms with Crippen LogP contribution in [0, 0.1) is 0 Å². The van der Waals surface area contributed by atoms with Crippen LogP contribution in [-0.2, 0) is 20.7 Å². The third-order valence-electron chi connectivity index (χ3n) is 2.57. The van der Waals surface area contributed by atoms with Gasteiger partial charge in [0.15, 0.2) is 11.5 Å². The first-order valence-corrected chi connectivity index (χ1v) is 6.14. The zero-order chi connectivity index (χ0) is 15.1. The highest BCUT2D eigenvalue weighted by molar-refractivity contribution is 5.85. The minimum absolute atomic E-state index is 0.123. The Kier molecular flexibility index (Phi) is 5.79. The summed E-state index contributed by atoms with van der Waals surface area (Å²) in [5.74, 6) is -1.62. The lowest BCUT2D eigenvalue weighted by molar-refractivity contribution is -0.147. The van der Waals surface area contributed by atoms with Crippen LogP contribution >= 0.6 is 0 Å². The number of nitrogens with one attached hydrogen (secondary N) is 1. The van der Waals surface area contributed by atoms with Crippen LogP contribution in [0.1, 0.15) is 12.5 Å². The number of esters is 1. The fraction of sp³-hybridized carbons (Fsp3) is 0.385. The van der Waals surface area contributed by atoms with Crippen molar-refractivity contribution in [2.75, 3.05) is 13.2 Å². The molecule has 1 aromatic rings. The molecule has 7 nitrogen and oxygen atoms in total. The molecule has 0 aliphatic heterocycles. The number of aromatic hydroxyl groups is 2. The number of phenols is 2. The van der Waals surface area contributed by atoms with Gasteiger partial charge < -0.3 is 26.0 Å². The predicted molar refractivity (Wildman–Crippen MR) is 71.1 cm³/mol. The molecule has 20 heavy (non-hydrogen) atoms. The van der Waals surface area contributed by atoms with Crippen molar-refractivity contribution < 1.29 is 24.5 Å². The van der Waals surface area contributed by atoms with Crippen LogP contribution in [-0.4, -0.2) is 41.3 Å². The fourth-order valence-electron chi connectivity index (χ4n) is 1.62. The first-order chi connectivity index (χ1) is 9.47. The van der Waals surface area contributed by atoms with Gasteiger partial charge in [-0.05, 0) is 24.6 Å². The van der Waals surface area contributed by atoms with Crippen LogP contribution < -0.4 is 11.1 Å². The number of rotatable bonds is 6. The van der Waals surface area contributed by atoms with E-state index in [2.05, 4.69) is 5.32 Å². The molecule has 0 radical (unpaired) electrons. The number of hydrogen-bond donors (Lipinski definition) is 4. The smallest absolute Gasteiger partial charge is 0.328 e. The van der Waals surface area contributed by atoms with E-state index in [0.717, 1.165) is 0 Å². The molecule has 0 saturated heterocycles. The molecule has 1 rings (SSSR count). The second-order valence-electron chi connectivity index (χ2n) is 4.10. The summed E-state index contributed by atoms with van der Waals surface area (Å²) in [5, 5.41) is 21.1. The number of benzene rings is 1. The fourth-order valence-corrected chi connectivity index (χ4v) is 1.62. The molecule has 1 amide bonds. The summed E-state index contributed by atoms with van der Waals surface area (Å²) in [7, 11) is 0. The van der Waals surface area contributed by atoms with Crippen LogP contribution in [0.25, 0.3) is 0 Å². The lowest BCUT2D eigenvalue weighted by Gasteiger charge is -2.17. The van der Waals surface area contributed by atoms with Crippen LogP contribution in [0.15, 0.2) is 18.2 Å². The molecule has 0 aliphatic carbocycles. The average molecular weight is 282 g/mol. The maximum atomic E-state index is 11.8. The van der Waals surface area contributed by atoms with Crippen molar-refractivity contribution in [1.29, 1.82) is 0 Å². The lowest BCUT2D eigenvalue weighted by atomic mass is 10.1. The maximum Gasteiger partial charge on any atom is 0.328 e. The highest BCUT2D eigenvalue weighted by atomic mass is 16.5. The summed E-state index contributed by atoms with van der Waals surface area (Å²) in [5.41, 5.74) is 5.76. The maximum absolute atomic E-state index is 11.8. The molecule has 0 aliphatic rings. The van der Waals surface area contributed by atoms with Gasteiger partial charge in [0.05, 0.1) is 13.2 Å². The van der Waals surface area contributed by atoms with Gasteiger partial charge in [-0.3, -0.25) is 4.79 Å².